The van der Waals surface area contributed by atoms with Crippen LogP contribution in [0.2, 0.25) is 0 Å². The van der Waals surface area contributed by atoms with Crippen LogP contribution in [0.4, 0.5) is 0 Å². The van der Waals surface area contributed by atoms with Crippen LogP contribution in [0.25, 0.3) is 0 Å². The van der Waals surface area contributed by atoms with Crippen LogP contribution in [0.15, 0.2) is 97.2 Å². The highest BCUT2D eigenvalue weighted by Crippen LogP contribution is 2.43. The van der Waals surface area contributed by atoms with E-state index in [-0.39, 0.29) is 25.6 Å². The van der Waals surface area contributed by atoms with Crippen molar-refractivity contribution in [2.75, 3.05) is 47.5 Å². The highest BCUT2D eigenvalue weighted by atomic mass is 31.2. The van der Waals surface area contributed by atoms with Gasteiger partial charge in [-0.1, -0.05) is 361 Å². The molecule has 0 fully saturated rings. The van der Waals surface area contributed by atoms with Crippen LogP contribution in [0.3, 0.4) is 0 Å². The Labute approximate surface area is 564 Å². The average molecular weight is 1290 g/mol. The summed E-state index contributed by atoms with van der Waals surface area (Å²) in [5.41, 5.74) is 0. The van der Waals surface area contributed by atoms with E-state index in [2.05, 4.69) is 111 Å². The molecule has 0 rings (SSSR count). The van der Waals surface area contributed by atoms with E-state index in [0.29, 0.717) is 23.9 Å². The normalized spacial score (nSPS) is 13.6. The minimum atomic E-state index is -4.40. The predicted molar refractivity (Wildman–Crippen MR) is 395 cm³/mol. The summed E-state index contributed by atoms with van der Waals surface area (Å²) in [6.45, 7) is 4.37. The number of carbonyl (C=O) groups is 2. The number of hydrogen-bond acceptors (Lipinski definition) is 7. The molecular weight excluding hydrogens is 1150 g/mol. The van der Waals surface area contributed by atoms with E-state index in [1.165, 1.54) is 231 Å². The second-order valence-corrected chi connectivity index (χ2v) is 28.5. The van der Waals surface area contributed by atoms with Gasteiger partial charge in [0, 0.05) is 12.8 Å². The topological polar surface area (TPSA) is 108 Å². The van der Waals surface area contributed by atoms with Crippen LogP contribution in [-0.4, -0.2) is 74.9 Å². The molecule has 0 bridgehead atoms. The molecule has 0 spiro atoms. The largest absolute Gasteiger partial charge is 0.472 e. The molecule has 0 amide bonds. The summed E-state index contributed by atoms with van der Waals surface area (Å²) >= 11 is 0. The van der Waals surface area contributed by atoms with Crippen LogP contribution in [-0.2, 0) is 32.7 Å². The fraction of sp³-hybridized carbons (Fsp3) is 0.778. The third-order valence-electron chi connectivity index (χ3n) is 16.9. The van der Waals surface area contributed by atoms with E-state index in [0.717, 1.165) is 89.9 Å². The number of esters is 2. The molecule has 0 radical (unpaired) electrons. The van der Waals surface area contributed by atoms with Crippen LogP contribution in [0.1, 0.15) is 354 Å². The second-order valence-electron chi connectivity index (χ2n) is 27.0. The summed E-state index contributed by atoms with van der Waals surface area (Å²) in [6.07, 6.45) is 99.7. The third kappa shape index (κ3) is 75.8. The van der Waals surface area contributed by atoms with Gasteiger partial charge in [0.2, 0.25) is 0 Å². The molecule has 528 valence electrons. The van der Waals surface area contributed by atoms with Gasteiger partial charge in [-0.3, -0.25) is 18.6 Å². The molecule has 0 aromatic rings. The van der Waals surface area contributed by atoms with Gasteiger partial charge in [-0.15, -0.1) is 0 Å². The van der Waals surface area contributed by atoms with Gasteiger partial charge >= 0.3 is 19.8 Å². The molecule has 10 heteroatoms. The van der Waals surface area contributed by atoms with E-state index in [1.807, 2.05) is 21.1 Å². The lowest BCUT2D eigenvalue weighted by Gasteiger charge is -2.24. The number of unbranched alkanes of at least 4 members (excludes halogenated alkanes) is 41. The molecule has 91 heavy (non-hydrogen) atoms. The molecule has 9 nitrogen and oxygen atoms in total. The van der Waals surface area contributed by atoms with Gasteiger partial charge in [-0.25, -0.2) is 4.57 Å². The minimum Gasteiger partial charge on any atom is -0.462 e. The van der Waals surface area contributed by atoms with Crippen LogP contribution < -0.4 is 0 Å². The summed E-state index contributed by atoms with van der Waals surface area (Å²) in [4.78, 5) is 36.0. The number of ether oxygens (including phenoxy) is 2. The lowest BCUT2D eigenvalue weighted by Crippen LogP contribution is -2.37. The molecule has 0 heterocycles. The zero-order valence-electron chi connectivity index (χ0n) is 60.3. The van der Waals surface area contributed by atoms with Crippen molar-refractivity contribution in [1.82, 2.24) is 0 Å². The van der Waals surface area contributed by atoms with E-state index in [1.54, 1.807) is 0 Å². The Morgan fingerprint density at radius 1 is 0.352 bits per heavy atom. The third-order valence-corrected chi connectivity index (χ3v) is 17.9. The van der Waals surface area contributed by atoms with E-state index in [9.17, 15) is 19.0 Å². The Balaban J connectivity index is 4.00. The van der Waals surface area contributed by atoms with Crippen LogP contribution in [0.5, 0.6) is 0 Å². The van der Waals surface area contributed by atoms with Crippen molar-refractivity contribution in [3.63, 3.8) is 0 Å². The van der Waals surface area contributed by atoms with Crippen molar-refractivity contribution < 1.29 is 42.1 Å². The SMILES string of the molecule is CC/C=C\C/C=C\C/C=C\C/C=C\C/C=C\C/C=C\C/C=C\C/C=C\CCCCCCCCCCCCCCC(=O)OC(COC(=O)CCCCCCCCCCCCCCCCCCCCCCCCCCCCCCCC)COP(=O)(O)OCC[N+](C)(C)C. The van der Waals surface area contributed by atoms with E-state index in [4.69, 9.17) is 18.5 Å². The molecule has 2 atom stereocenters. The Morgan fingerprint density at radius 2 is 0.626 bits per heavy atom. The fourth-order valence-corrected chi connectivity index (χ4v) is 11.8. The Morgan fingerprint density at radius 3 is 0.934 bits per heavy atom. The van der Waals surface area contributed by atoms with Crippen molar-refractivity contribution in [2.45, 2.75) is 360 Å². The Bertz CT molecular complexity index is 1860. The summed E-state index contributed by atoms with van der Waals surface area (Å²) in [5.74, 6) is -0.786. The smallest absolute Gasteiger partial charge is 0.462 e. The first-order chi connectivity index (χ1) is 44.5. The van der Waals surface area contributed by atoms with Crippen molar-refractivity contribution in [2.24, 2.45) is 0 Å². The quantitative estimate of drug-likeness (QED) is 0.0211. The number of likely N-dealkylation sites (N-methyl/N-ethyl adjacent to an activating group) is 1. The first-order valence-corrected chi connectivity index (χ1v) is 40.0. The van der Waals surface area contributed by atoms with Crippen LogP contribution >= 0.6 is 7.82 Å². The van der Waals surface area contributed by atoms with Crippen molar-refractivity contribution in [3.8, 4) is 0 Å². The number of rotatable bonds is 71. The van der Waals surface area contributed by atoms with Gasteiger partial charge in [-0.2, -0.15) is 0 Å². The molecule has 0 aromatic heterocycles. The summed E-state index contributed by atoms with van der Waals surface area (Å²) < 4.78 is 34.8. The lowest BCUT2D eigenvalue weighted by atomic mass is 10.0. The van der Waals surface area contributed by atoms with Gasteiger partial charge in [0.05, 0.1) is 27.7 Å². The fourth-order valence-electron chi connectivity index (χ4n) is 11.0. The van der Waals surface area contributed by atoms with Gasteiger partial charge < -0.3 is 18.9 Å². The highest BCUT2D eigenvalue weighted by molar-refractivity contribution is 7.47. The Kier molecular flexibility index (Phi) is 68.8. The summed E-state index contributed by atoms with van der Waals surface area (Å²) in [7, 11) is 1.48. The first-order valence-electron chi connectivity index (χ1n) is 38.5. The number of allylic oxidation sites excluding steroid dienone is 16. The van der Waals surface area contributed by atoms with Gasteiger partial charge in [-0.05, 0) is 77.0 Å². The standard InChI is InChI=1S/C81H146NO8P/c1-6-8-10-12-14-16-18-20-22-24-26-28-30-32-34-36-38-39-40-41-42-43-44-46-48-50-52-54-56-58-60-62-64-66-68-70-72-74-81(84)90-79(78-89-91(85,86)88-76-75-82(3,4)5)77-87-80(83)73-71-69-67-65-63-61-59-57-55-53-51-49-47-45-37-35-33-31-29-27-25-23-21-19-17-15-13-11-9-7-2/h8,10,14,16,20,22,26,28,32,34,38-39,41-42,44,46,79H,6-7,9,11-13,15,17-19,21,23-25,27,29-31,33,35-37,40,43,45,47-78H2,1-5H3/p+1/b10-8-,16-14-,22-20-,28-26-,34-32-,39-38-,42-41-,46-44-. The van der Waals surface area contributed by atoms with Gasteiger partial charge in [0.25, 0.3) is 0 Å². The van der Waals surface area contributed by atoms with Crippen molar-refractivity contribution in [1.29, 1.82) is 0 Å². The number of nitrogens with zero attached hydrogens (tertiary/aromatic N) is 1. The van der Waals surface area contributed by atoms with Gasteiger partial charge in [0.15, 0.2) is 6.10 Å². The molecule has 2 unspecified atom stereocenters. The second kappa shape index (κ2) is 71.2. The Hall–Kier alpha value is -3.07. The zero-order valence-corrected chi connectivity index (χ0v) is 61.2. The first kappa shape index (κ1) is 87.9. The number of carbonyl (C=O) groups excluding carboxylic acids is 2. The van der Waals surface area contributed by atoms with Crippen molar-refractivity contribution in [3.05, 3.63) is 97.2 Å². The summed E-state index contributed by atoms with van der Waals surface area (Å²) in [6, 6.07) is 0. The van der Waals surface area contributed by atoms with Gasteiger partial charge in [0.1, 0.15) is 19.8 Å². The van der Waals surface area contributed by atoms with E-state index >= 15 is 0 Å². The molecule has 0 aromatic carbocycles. The predicted octanol–water partition coefficient (Wildman–Crippen LogP) is 25.4. The number of phosphoric acid groups is 1. The highest BCUT2D eigenvalue weighted by Gasteiger charge is 2.27. The maximum Gasteiger partial charge on any atom is 0.472 e. The maximum absolute atomic E-state index is 12.9. The zero-order chi connectivity index (χ0) is 66.2. The molecule has 1 N–H and O–H groups in total. The minimum absolute atomic E-state index is 0.0300. The molecule has 0 saturated carbocycles. The molecular formula is C81H147NO8P+. The van der Waals surface area contributed by atoms with E-state index < -0.39 is 26.5 Å². The molecule has 0 aliphatic carbocycles. The number of phosphoric ester groups is 1. The molecule has 0 aliphatic heterocycles. The monoisotopic (exact) mass is 1290 g/mol. The number of quaternary nitrogens is 1. The number of hydrogen-bond donors (Lipinski definition) is 1. The molecule has 0 saturated heterocycles. The lowest BCUT2D eigenvalue weighted by molar-refractivity contribution is -0.870. The van der Waals surface area contributed by atoms with Crippen molar-refractivity contribution >= 4 is 19.8 Å². The summed E-state index contributed by atoms with van der Waals surface area (Å²) in [5, 5.41) is 0. The van der Waals surface area contributed by atoms with Crippen LogP contribution in [0, 0.1) is 0 Å². The maximum atomic E-state index is 12.9. The molecule has 0 aliphatic rings. The average Bonchev–Trinajstić information content (AvgIpc) is 3.69.